The number of nitrogens with one attached hydrogen (secondary N) is 3. The van der Waals surface area contributed by atoms with Crippen molar-refractivity contribution in [1.29, 1.82) is 0 Å². The molecule has 3 heterocycles. The Morgan fingerprint density at radius 2 is 0.622 bits per heavy atom. The van der Waals surface area contributed by atoms with Crippen LogP contribution in [-0.4, -0.2) is 221 Å². The van der Waals surface area contributed by atoms with E-state index in [-0.39, 0.29) is 73.0 Å². The van der Waals surface area contributed by atoms with Crippen LogP contribution in [0.3, 0.4) is 0 Å². The summed E-state index contributed by atoms with van der Waals surface area (Å²) in [6, 6.07) is 50.0. The summed E-state index contributed by atoms with van der Waals surface area (Å²) in [6.07, 6.45) is 5.04. The van der Waals surface area contributed by atoms with Gasteiger partial charge < -0.3 is 92.6 Å². The molecule has 6 aromatic rings. The zero-order valence-corrected chi connectivity index (χ0v) is 83.0. The normalized spacial score (nSPS) is 12.2. The molecule has 0 spiro atoms. The lowest BCUT2D eigenvalue weighted by atomic mass is 9.92. The number of nitrogens with zero attached hydrogens (tertiary/aromatic N) is 6. The molecule has 0 radical (unpaired) electrons. The Morgan fingerprint density at radius 1 is 0.333 bits per heavy atom. The molecule has 8 N–H and O–H groups in total. The van der Waals surface area contributed by atoms with Crippen molar-refractivity contribution in [2.45, 2.75) is 187 Å². The number of hydrogen-bond acceptors (Lipinski definition) is 25. The first-order valence-corrected chi connectivity index (χ1v) is 52.0. The first kappa shape index (κ1) is 107. The highest BCUT2D eigenvalue weighted by molar-refractivity contribution is 7.86. The molecule has 0 fully saturated rings. The van der Waals surface area contributed by atoms with Crippen LogP contribution in [-0.2, 0) is 59.5 Å². The number of aliphatic hydroxyl groups excluding tert-OH is 5. The van der Waals surface area contributed by atoms with Gasteiger partial charge in [-0.15, -0.1) is 0 Å². The van der Waals surface area contributed by atoms with Gasteiger partial charge in [0.1, 0.15) is 104 Å². The molecule has 0 saturated heterocycles. The monoisotopic (exact) mass is 1910 g/mol. The lowest BCUT2D eigenvalue weighted by Gasteiger charge is -2.23. The second-order valence-electron chi connectivity index (χ2n) is 33.3. The van der Waals surface area contributed by atoms with E-state index in [0.29, 0.717) is 147 Å². The van der Waals surface area contributed by atoms with E-state index >= 15 is 0 Å². The fraction of sp³-hybridized carbons (Fsp3) is 0.452. The summed E-state index contributed by atoms with van der Waals surface area (Å²) in [5, 5.41) is 61.4. The van der Waals surface area contributed by atoms with Crippen LogP contribution in [0.1, 0.15) is 152 Å². The zero-order valence-electron chi connectivity index (χ0n) is 80.6. The van der Waals surface area contributed by atoms with E-state index in [0.717, 1.165) is 159 Å². The van der Waals surface area contributed by atoms with Crippen LogP contribution in [0.2, 0.25) is 0 Å². The topological polar surface area (TPSA) is 385 Å². The molecule has 28 nitrogen and oxygen atoms in total. The molecule has 3 aliphatic carbocycles. The van der Waals surface area contributed by atoms with Gasteiger partial charge in [-0.25, -0.2) is 39.0 Å². The summed E-state index contributed by atoms with van der Waals surface area (Å²) in [5.74, 6) is 1.80. The number of ether oxygens (including phenoxy) is 2. The van der Waals surface area contributed by atoms with Gasteiger partial charge in [0.2, 0.25) is 16.1 Å². The van der Waals surface area contributed by atoms with Gasteiger partial charge in [-0.1, -0.05) is 43.3 Å². The largest absolute Gasteiger partial charge is 0.744 e. The molecule has 135 heavy (non-hydrogen) atoms. The van der Waals surface area contributed by atoms with Gasteiger partial charge in [-0.05, 0) is 218 Å². The Hall–Kier alpha value is -9.88. The summed E-state index contributed by atoms with van der Waals surface area (Å²) in [5.41, 5.74) is 11.7. The van der Waals surface area contributed by atoms with Crippen molar-refractivity contribution in [3.63, 3.8) is 0 Å². The second kappa shape index (κ2) is 51.5. The van der Waals surface area contributed by atoms with Crippen LogP contribution in [0.25, 0.3) is 100 Å². The zero-order chi connectivity index (χ0) is 97.7. The van der Waals surface area contributed by atoms with Gasteiger partial charge in [0, 0.05) is 224 Å². The maximum absolute atomic E-state index is 13.0. The van der Waals surface area contributed by atoms with Gasteiger partial charge in [0.15, 0.2) is 0 Å². The minimum Gasteiger partial charge on any atom is -0.744 e. The number of aliphatic hydroxyl groups is 5. The number of hydrogen-bond donors (Lipinski definition) is 8. The number of rotatable bonds is 48. The van der Waals surface area contributed by atoms with Gasteiger partial charge >= 0.3 is 0 Å². The van der Waals surface area contributed by atoms with Crippen LogP contribution < -0.4 is 60.4 Å². The molecule has 12 rings (SSSR count). The average Bonchev–Trinajstić information content (AvgIpc) is 0.747. The molecule has 0 aromatic heterocycles. The van der Waals surface area contributed by atoms with E-state index in [4.69, 9.17) is 27.8 Å². The highest BCUT2D eigenvalue weighted by Gasteiger charge is 2.29. The van der Waals surface area contributed by atoms with Crippen LogP contribution in [0.5, 0.6) is 0 Å². The number of anilines is 3. The van der Waals surface area contributed by atoms with Crippen molar-refractivity contribution in [2.24, 2.45) is 0 Å². The molecule has 3 aliphatic heterocycles. The lowest BCUT2D eigenvalue weighted by Crippen LogP contribution is -2.35. The molecule has 31 heteroatoms. The standard InChI is InChI=1S/C38H53N3O7S.C35H47N3O6S.C31H39N3O6S/c1-6-20-46-21-17-29(18-22-47-23-19-42)39-27-28-11-14-34(37(24-28)49(43,44)45)38-32-15-12-30(40(7-2)8-3)25-35(32)48-36-26-31(13-16-33(36)38)41(9-4)10-5;1-5-37(6-2)27-14-17-29-32(22-27)44-33-23-28(38(7-3)8-4)15-18-30(33)35(29)31-16-13-25(21-34(31)45(41,42)43)24-36-26(11-9-19-39)12-10-20-40;1-5-33(6-2)23-10-13-25-28(16-23)40-29-17-24(34(7-3)8-4)11-14-26(29)31(25)27-12-9-21(15-30(27)41(37,38)39)18-32-22(19-35)20-36/h11-16,24-26,29,39,42H,6-10,17-23,27H2,1-5H3;13-18,21-23,26,36,39-40H,5-12,19-20,24H2,1-4H3;9-17,22,32,35-36H,5-8,18-20H2,1-4H3. The summed E-state index contributed by atoms with van der Waals surface area (Å²) in [7, 11) is -14.6. The van der Waals surface area contributed by atoms with Crippen molar-refractivity contribution >= 4 is 80.3 Å². The fourth-order valence-corrected chi connectivity index (χ4v) is 19.9. The number of benzene rings is 9. The maximum Gasteiger partial charge on any atom is 0.203 e. The van der Waals surface area contributed by atoms with Gasteiger partial charge in [0.25, 0.3) is 0 Å². The SMILES string of the molecule is CCCOCCC(CCOCCO)NCc1ccc(-c2c3ccc(=[N+](CC)CC)cc-3oc3cc(N(CC)CC)ccc23)c(S(=O)(=O)[O-])c1.CCN(CC)c1ccc2c(-c3ccc(CNC(CCCO)CCCO)cc3S(=O)(=O)[O-])c3ccc(=[N+](CC)CC)cc-3oc2c1.CCN(CC)c1ccc2c(-c3ccc(CNC(CO)CO)cc3S(=O)(=O)[O-])c3ccc(=[N+](CC)CC)cc-3oc2c1. The Morgan fingerprint density at radius 3 is 0.889 bits per heavy atom. The maximum atomic E-state index is 13.0. The predicted molar refractivity (Wildman–Crippen MR) is 535 cm³/mol. The molecule has 1 atom stereocenters. The first-order chi connectivity index (χ1) is 65.0. The van der Waals surface area contributed by atoms with Crippen molar-refractivity contribution in [1.82, 2.24) is 29.7 Å². The van der Waals surface area contributed by atoms with Crippen molar-refractivity contribution in [3.8, 4) is 67.4 Å². The number of fused-ring (bicyclic) bond motifs is 6. The molecule has 0 amide bonds. The van der Waals surface area contributed by atoms with Crippen molar-refractivity contribution in [2.75, 3.05) is 153 Å². The minimum atomic E-state index is -4.87. The molecule has 6 aromatic carbocycles. The van der Waals surface area contributed by atoms with Crippen LogP contribution in [0.4, 0.5) is 17.1 Å². The Bertz CT molecular complexity index is 6360. The first-order valence-electron chi connectivity index (χ1n) is 47.7. The van der Waals surface area contributed by atoms with Gasteiger partial charge in [0.05, 0.1) is 65.4 Å². The van der Waals surface area contributed by atoms with Crippen LogP contribution in [0, 0.1) is 0 Å². The van der Waals surface area contributed by atoms with E-state index in [1.165, 1.54) is 18.2 Å². The summed E-state index contributed by atoms with van der Waals surface area (Å²) in [6.45, 7) is 39.4. The molecule has 732 valence electrons. The Kier molecular flexibility index (Phi) is 40.9. The average molecular weight is 1920 g/mol. The van der Waals surface area contributed by atoms with Crippen LogP contribution in [0.15, 0.2) is 192 Å². The molecule has 1 unspecified atom stereocenters. The highest BCUT2D eigenvalue weighted by Crippen LogP contribution is 2.47. The van der Waals surface area contributed by atoms with E-state index in [2.05, 4.69) is 134 Å². The second-order valence-corrected chi connectivity index (χ2v) is 37.3. The minimum absolute atomic E-state index is 0.0335. The van der Waals surface area contributed by atoms with E-state index < -0.39 is 36.4 Å². The van der Waals surface area contributed by atoms with E-state index in [1.54, 1.807) is 24.3 Å². The third kappa shape index (κ3) is 27.4. The predicted octanol–water partition coefficient (Wildman–Crippen LogP) is 13.4. The van der Waals surface area contributed by atoms with Gasteiger partial charge in [-0.2, -0.15) is 0 Å². The van der Waals surface area contributed by atoms with Crippen molar-refractivity contribution < 1.29 is 87.2 Å². The van der Waals surface area contributed by atoms with Crippen LogP contribution >= 0.6 is 0 Å². The summed E-state index contributed by atoms with van der Waals surface area (Å²) < 4.78 is 153. The highest BCUT2D eigenvalue weighted by atomic mass is 32.2. The van der Waals surface area contributed by atoms with Crippen molar-refractivity contribution in [3.05, 3.63) is 197 Å². The fourth-order valence-electron chi connectivity index (χ4n) is 17.7. The lowest BCUT2D eigenvalue weighted by molar-refractivity contribution is 0.0791. The quantitative estimate of drug-likeness (QED) is 0.00760. The smallest absolute Gasteiger partial charge is 0.203 e. The van der Waals surface area contributed by atoms with Gasteiger partial charge in [-0.3, -0.25) is 0 Å². The summed E-state index contributed by atoms with van der Waals surface area (Å²) >= 11 is 0. The summed E-state index contributed by atoms with van der Waals surface area (Å²) in [4.78, 5) is 5.76. The van der Waals surface area contributed by atoms with E-state index in [1.807, 2.05) is 121 Å². The molecule has 0 saturated carbocycles. The van der Waals surface area contributed by atoms with E-state index in [9.17, 15) is 59.3 Å². The molecule has 6 aliphatic rings. The Balaban J connectivity index is 0.000000210. The molecular formula is C104H139N9O19S3. The molecular weight excluding hydrogens is 1780 g/mol. The molecule has 0 bridgehead atoms. The Labute approximate surface area is 796 Å². The third-order valence-electron chi connectivity index (χ3n) is 25.0. The third-order valence-corrected chi connectivity index (χ3v) is 27.7.